The SMILES string of the molecule is CCn1cc(C(=O)O)c(=O)c2cc(F)c(N3CCN(C(=O)C4CCCO4)CC3)cc21. The van der Waals surface area contributed by atoms with E-state index in [0.29, 0.717) is 50.5 Å². The summed E-state index contributed by atoms with van der Waals surface area (Å²) < 4.78 is 22.0. The average Bonchev–Trinajstić information content (AvgIpc) is 3.28. The third kappa shape index (κ3) is 3.54. The van der Waals surface area contributed by atoms with Gasteiger partial charge in [-0.25, -0.2) is 9.18 Å². The van der Waals surface area contributed by atoms with E-state index in [-0.39, 0.29) is 23.0 Å². The first-order valence-corrected chi connectivity index (χ1v) is 10.2. The van der Waals surface area contributed by atoms with Crippen LogP contribution in [0.15, 0.2) is 23.1 Å². The summed E-state index contributed by atoms with van der Waals surface area (Å²) in [5.41, 5.74) is -0.240. The number of hydrogen-bond acceptors (Lipinski definition) is 5. The van der Waals surface area contributed by atoms with E-state index in [1.807, 2.05) is 11.8 Å². The highest BCUT2D eigenvalue weighted by Crippen LogP contribution is 2.27. The summed E-state index contributed by atoms with van der Waals surface area (Å²) in [6.07, 6.45) is 2.57. The molecule has 160 valence electrons. The first-order chi connectivity index (χ1) is 14.4. The second-order valence-corrected chi connectivity index (χ2v) is 7.60. The van der Waals surface area contributed by atoms with Crippen LogP contribution in [0.5, 0.6) is 0 Å². The number of rotatable bonds is 4. The number of aromatic nitrogens is 1. The van der Waals surface area contributed by atoms with Gasteiger partial charge in [0, 0.05) is 50.9 Å². The molecule has 2 aliphatic rings. The van der Waals surface area contributed by atoms with E-state index in [0.717, 1.165) is 18.9 Å². The zero-order valence-electron chi connectivity index (χ0n) is 16.8. The first-order valence-electron chi connectivity index (χ1n) is 10.2. The van der Waals surface area contributed by atoms with Crippen LogP contribution in [0.4, 0.5) is 10.1 Å². The highest BCUT2D eigenvalue weighted by atomic mass is 19.1. The van der Waals surface area contributed by atoms with Gasteiger partial charge in [0.1, 0.15) is 17.5 Å². The Kier molecular flexibility index (Phi) is 5.46. The van der Waals surface area contributed by atoms with E-state index in [4.69, 9.17) is 4.74 Å². The van der Waals surface area contributed by atoms with Crippen LogP contribution in [-0.4, -0.2) is 65.3 Å². The van der Waals surface area contributed by atoms with Gasteiger partial charge >= 0.3 is 5.97 Å². The van der Waals surface area contributed by atoms with Gasteiger partial charge in [0.2, 0.25) is 5.43 Å². The van der Waals surface area contributed by atoms with Crippen molar-refractivity contribution in [2.75, 3.05) is 37.7 Å². The van der Waals surface area contributed by atoms with Crippen LogP contribution in [0.2, 0.25) is 0 Å². The number of aryl methyl sites for hydroxylation is 1. The van der Waals surface area contributed by atoms with Gasteiger partial charge in [-0.15, -0.1) is 0 Å². The van der Waals surface area contributed by atoms with Gasteiger partial charge in [-0.2, -0.15) is 0 Å². The predicted molar refractivity (Wildman–Crippen MR) is 109 cm³/mol. The number of piperazine rings is 1. The maximum atomic E-state index is 14.9. The van der Waals surface area contributed by atoms with E-state index in [9.17, 15) is 23.9 Å². The second kappa shape index (κ2) is 8.06. The fraction of sp³-hybridized carbons (Fsp3) is 0.476. The highest BCUT2D eigenvalue weighted by Gasteiger charge is 2.31. The summed E-state index contributed by atoms with van der Waals surface area (Å²) in [5.74, 6) is -1.92. The number of anilines is 1. The fourth-order valence-corrected chi connectivity index (χ4v) is 4.20. The maximum absolute atomic E-state index is 14.9. The summed E-state index contributed by atoms with van der Waals surface area (Å²) in [6, 6.07) is 2.72. The van der Waals surface area contributed by atoms with Crippen molar-refractivity contribution in [2.45, 2.75) is 32.4 Å². The van der Waals surface area contributed by atoms with Crippen molar-refractivity contribution in [1.82, 2.24) is 9.47 Å². The van der Waals surface area contributed by atoms with Crippen LogP contribution in [0.25, 0.3) is 10.9 Å². The Morgan fingerprint density at radius 3 is 2.57 bits per heavy atom. The molecule has 1 aromatic heterocycles. The Bertz CT molecular complexity index is 1050. The molecule has 9 heteroatoms. The van der Waals surface area contributed by atoms with Crippen molar-refractivity contribution in [2.24, 2.45) is 0 Å². The van der Waals surface area contributed by atoms with Crippen LogP contribution in [0.1, 0.15) is 30.1 Å². The Hall–Kier alpha value is -2.94. The van der Waals surface area contributed by atoms with E-state index in [2.05, 4.69) is 0 Å². The summed E-state index contributed by atoms with van der Waals surface area (Å²) in [7, 11) is 0. The van der Waals surface area contributed by atoms with Gasteiger partial charge in [0.05, 0.1) is 11.2 Å². The number of carbonyl (C=O) groups excluding carboxylic acids is 1. The number of aromatic carboxylic acids is 1. The molecule has 2 aromatic rings. The molecule has 0 spiro atoms. The maximum Gasteiger partial charge on any atom is 0.341 e. The minimum atomic E-state index is -1.33. The molecule has 2 saturated heterocycles. The zero-order valence-corrected chi connectivity index (χ0v) is 16.8. The van der Waals surface area contributed by atoms with E-state index in [1.165, 1.54) is 6.20 Å². The number of nitrogens with zero attached hydrogens (tertiary/aromatic N) is 3. The number of carboxylic acids is 1. The van der Waals surface area contributed by atoms with Crippen molar-refractivity contribution in [3.63, 3.8) is 0 Å². The number of carboxylic acid groups (broad SMARTS) is 1. The Labute approximate surface area is 172 Å². The molecule has 0 saturated carbocycles. The van der Waals surface area contributed by atoms with Crippen molar-refractivity contribution < 1.29 is 23.8 Å². The summed E-state index contributed by atoms with van der Waals surface area (Å²) in [5, 5.41) is 9.31. The Balaban J connectivity index is 1.61. The number of fused-ring (bicyclic) bond motifs is 1. The molecule has 1 aromatic carbocycles. The molecule has 1 unspecified atom stereocenters. The lowest BCUT2D eigenvalue weighted by Crippen LogP contribution is -2.51. The number of halogens is 1. The predicted octanol–water partition coefficient (Wildman–Crippen LogP) is 1.69. The lowest BCUT2D eigenvalue weighted by molar-refractivity contribution is -0.141. The van der Waals surface area contributed by atoms with E-state index >= 15 is 0 Å². The van der Waals surface area contributed by atoms with Crippen LogP contribution in [-0.2, 0) is 16.1 Å². The monoisotopic (exact) mass is 417 g/mol. The molecule has 2 fully saturated rings. The number of benzene rings is 1. The average molecular weight is 417 g/mol. The summed E-state index contributed by atoms with van der Waals surface area (Å²) >= 11 is 0. The molecule has 1 atom stereocenters. The highest BCUT2D eigenvalue weighted by molar-refractivity contribution is 5.93. The number of amides is 1. The number of ether oxygens (including phenoxy) is 1. The van der Waals surface area contributed by atoms with Crippen molar-refractivity contribution in [1.29, 1.82) is 0 Å². The van der Waals surface area contributed by atoms with Gasteiger partial charge in [-0.05, 0) is 31.9 Å². The lowest BCUT2D eigenvalue weighted by atomic mass is 10.1. The molecular weight excluding hydrogens is 393 g/mol. The number of pyridine rings is 1. The molecule has 0 radical (unpaired) electrons. The quantitative estimate of drug-likeness (QED) is 0.814. The molecule has 8 nitrogen and oxygen atoms in total. The second-order valence-electron chi connectivity index (χ2n) is 7.60. The van der Waals surface area contributed by atoms with Crippen LogP contribution in [0, 0.1) is 5.82 Å². The standard InChI is InChI=1S/C21H24FN3O5/c1-2-23-12-14(21(28)29)19(26)13-10-15(22)17(11-16(13)23)24-5-7-25(8-6-24)20(27)18-4-3-9-30-18/h10-12,18H,2-9H2,1H3,(H,28,29). The smallest absolute Gasteiger partial charge is 0.341 e. The topological polar surface area (TPSA) is 92.1 Å². The minimum absolute atomic E-state index is 0.00726. The van der Waals surface area contributed by atoms with Crippen LogP contribution >= 0.6 is 0 Å². The summed E-state index contributed by atoms with van der Waals surface area (Å²) in [6.45, 7) is 4.74. The zero-order chi connectivity index (χ0) is 21.4. The van der Waals surface area contributed by atoms with Gasteiger partial charge in [0.15, 0.2) is 0 Å². The number of carbonyl (C=O) groups is 2. The van der Waals surface area contributed by atoms with Gasteiger partial charge in [0.25, 0.3) is 5.91 Å². The Morgan fingerprint density at radius 1 is 1.23 bits per heavy atom. The molecule has 0 bridgehead atoms. The van der Waals surface area contributed by atoms with Gasteiger partial charge in [-0.1, -0.05) is 0 Å². The normalized spacial score (nSPS) is 19.5. The summed E-state index contributed by atoms with van der Waals surface area (Å²) in [4.78, 5) is 40.0. The van der Waals surface area contributed by atoms with Crippen LogP contribution in [0.3, 0.4) is 0 Å². The molecule has 2 aliphatic heterocycles. The lowest BCUT2D eigenvalue weighted by Gasteiger charge is -2.37. The van der Waals surface area contributed by atoms with E-state index < -0.39 is 17.2 Å². The molecule has 30 heavy (non-hydrogen) atoms. The van der Waals surface area contributed by atoms with Gasteiger partial charge in [-0.3, -0.25) is 9.59 Å². The van der Waals surface area contributed by atoms with E-state index in [1.54, 1.807) is 15.5 Å². The molecule has 0 aliphatic carbocycles. The number of hydrogen-bond donors (Lipinski definition) is 1. The molecular formula is C21H24FN3O5. The van der Waals surface area contributed by atoms with Gasteiger partial charge < -0.3 is 24.2 Å². The molecule has 3 heterocycles. The van der Waals surface area contributed by atoms with Crippen molar-refractivity contribution in [3.8, 4) is 0 Å². The first kappa shape index (κ1) is 20.3. The molecule has 1 N–H and O–H groups in total. The van der Waals surface area contributed by atoms with Crippen molar-refractivity contribution in [3.05, 3.63) is 39.9 Å². The van der Waals surface area contributed by atoms with Crippen LogP contribution < -0.4 is 10.3 Å². The van der Waals surface area contributed by atoms with Crippen molar-refractivity contribution >= 4 is 28.5 Å². The molecule has 4 rings (SSSR count). The fourth-order valence-electron chi connectivity index (χ4n) is 4.20. The molecule has 1 amide bonds. The largest absolute Gasteiger partial charge is 0.477 e. The third-order valence-corrected chi connectivity index (χ3v) is 5.86. The Morgan fingerprint density at radius 2 is 1.97 bits per heavy atom. The minimum Gasteiger partial charge on any atom is -0.477 e. The third-order valence-electron chi connectivity index (χ3n) is 5.86.